The number of hydrogen-bond donors (Lipinski definition) is 0. The van der Waals surface area contributed by atoms with Crippen molar-refractivity contribution < 1.29 is 19.0 Å². The number of ether oxygens (including phenoxy) is 3. The molecule has 0 bridgehead atoms. The van der Waals surface area contributed by atoms with E-state index < -0.39 is 0 Å². The second-order valence-electron chi connectivity index (χ2n) is 4.77. The summed E-state index contributed by atoms with van der Waals surface area (Å²) in [6, 6.07) is 16.8. The Kier molecular flexibility index (Phi) is 6.61. The van der Waals surface area contributed by atoms with E-state index in [1.807, 2.05) is 30.3 Å². The third-order valence-electron chi connectivity index (χ3n) is 3.12. The lowest BCUT2D eigenvalue weighted by atomic mass is 10.0. The number of benzene rings is 2. The van der Waals surface area contributed by atoms with E-state index in [2.05, 4.69) is 0 Å². The summed E-state index contributed by atoms with van der Waals surface area (Å²) >= 11 is 0. The van der Waals surface area contributed by atoms with E-state index in [0.717, 1.165) is 5.56 Å². The summed E-state index contributed by atoms with van der Waals surface area (Å²) in [4.78, 5) is 12.2. The highest BCUT2D eigenvalue weighted by Gasteiger charge is 2.07. The van der Waals surface area contributed by atoms with Gasteiger partial charge in [0.2, 0.25) is 0 Å². The van der Waals surface area contributed by atoms with Gasteiger partial charge in [0, 0.05) is 19.1 Å². The molecule has 116 valence electrons. The van der Waals surface area contributed by atoms with Crippen molar-refractivity contribution in [3.63, 3.8) is 0 Å². The first kappa shape index (κ1) is 16.2. The minimum atomic E-state index is 0.0918. The lowest BCUT2D eigenvalue weighted by Gasteiger charge is -2.07. The Balaban J connectivity index is 1.82. The van der Waals surface area contributed by atoms with E-state index in [1.165, 1.54) is 0 Å². The van der Waals surface area contributed by atoms with Crippen LogP contribution in [-0.2, 0) is 15.9 Å². The first-order valence-electron chi connectivity index (χ1n) is 7.16. The predicted molar refractivity (Wildman–Crippen MR) is 84.2 cm³/mol. The number of ketones is 1. The smallest absolute Gasteiger partial charge is 0.189 e. The number of carbonyl (C=O) groups is 1. The number of methoxy groups -OCH3 is 1. The highest BCUT2D eigenvalue weighted by atomic mass is 16.7. The summed E-state index contributed by atoms with van der Waals surface area (Å²) in [5, 5.41) is 0. The van der Waals surface area contributed by atoms with Crippen LogP contribution in [0.25, 0.3) is 0 Å². The van der Waals surface area contributed by atoms with Crippen LogP contribution in [0.1, 0.15) is 15.9 Å². The molecule has 0 fully saturated rings. The molecule has 0 saturated carbocycles. The summed E-state index contributed by atoms with van der Waals surface area (Å²) < 4.78 is 15.5. The Labute approximate surface area is 130 Å². The summed E-state index contributed by atoms with van der Waals surface area (Å²) in [5.41, 5.74) is 1.69. The number of hydrogen-bond acceptors (Lipinski definition) is 4. The molecule has 0 atom stereocenters. The van der Waals surface area contributed by atoms with Crippen molar-refractivity contribution in [1.29, 1.82) is 0 Å². The third kappa shape index (κ3) is 5.31. The van der Waals surface area contributed by atoms with Crippen LogP contribution in [0, 0.1) is 0 Å². The molecule has 0 heterocycles. The van der Waals surface area contributed by atoms with E-state index in [0.29, 0.717) is 30.9 Å². The van der Waals surface area contributed by atoms with Gasteiger partial charge in [0.05, 0.1) is 13.2 Å². The van der Waals surface area contributed by atoms with Crippen LogP contribution in [0.3, 0.4) is 0 Å². The first-order chi connectivity index (χ1) is 10.8. The molecule has 0 amide bonds. The molecule has 2 aromatic rings. The molecule has 0 aliphatic heterocycles. The van der Waals surface area contributed by atoms with Gasteiger partial charge >= 0.3 is 0 Å². The summed E-state index contributed by atoms with van der Waals surface area (Å²) in [6.07, 6.45) is 0.404. The molecule has 0 saturated heterocycles. The van der Waals surface area contributed by atoms with Gasteiger partial charge in [-0.1, -0.05) is 30.3 Å². The third-order valence-corrected chi connectivity index (χ3v) is 3.12. The van der Waals surface area contributed by atoms with Gasteiger partial charge in [0.1, 0.15) is 5.75 Å². The van der Waals surface area contributed by atoms with Crippen molar-refractivity contribution in [2.24, 2.45) is 0 Å². The Bertz CT molecular complexity index is 563. The highest BCUT2D eigenvalue weighted by molar-refractivity contribution is 5.97. The van der Waals surface area contributed by atoms with Crippen molar-refractivity contribution in [3.8, 4) is 5.75 Å². The average Bonchev–Trinajstić information content (AvgIpc) is 2.56. The van der Waals surface area contributed by atoms with Crippen molar-refractivity contribution >= 4 is 5.78 Å². The van der Waals surface area contributed by atoms with Crippen LogP contribution >= 0.6 is 0 Å². The zero-order chi connectivity index (χ0) is 15.6. The predicted octanol–water partition coefficient (Wildman–Crippen LogP) is 3.11. The van der Waals surface area contributed by atoms with Gasteiger partial charge in [0.25, 0.3) is 0 Å². The molecule has 0 aliphatic rings. The standard InChI is InChI=1S/C18H20O4/c1-20-11-12-21-14-22-17-9-7-16(8-10-17)18(19)13-15-5-3-2-4-6-15/h2-10H,11-14H2,1H3. The summed E-state index contributed by atoms with van der Waals surface area (Å²) in [5.74, 6) is 0.766. The normalized spacial score (nSPS) is 10.4. The fraction of sp³-hybridized carbons (Fsp3) is 0.278. The molecular weight excluding hydrogens is 280 g/mol. The first-order valence-corrected chi connectivity index (χ1v) is 7.16. The molecule has 0 unspecified atom stereocenters. The fourth-order valence-electron chi connectivity index (χ4n) is 1.93. The monoisotopic (exact) mass is 300 g/mol. The van der Waals surface area contributed by atoms with Gasteiger partial charge in [-0.15, -0.1) is 0 Å². The van der Waals surface area contributed by atoms with Gasteiger partial charge < -0.3 is 14.2 Å². The molecule has 4 nitrogen and oxygen atoms in total. The number of Topliss-reactive ketones (excluding diaryl/α,β-unsaturated/α-hetero) is 1. The molecule has 22 heavy (non-hydrogen) atoms. The SMILES string of the molecule is COCCOCOc1ccc(C(=O)Cc2ccccc2)cc1. The molecule has 2 aromatic carbocycles. The Morgan fingerprint density at radius 1 is 0.955 bits per heavy atom. The van der Waals surface area contributed by atoms with Crippen molar-refractivity contribution in [3.05, 3.63) is 65.7 Å². The zero-order valence-corrected chi connectivity index (χ0v) is 12.7. The van der Waals surface area contributed by atoms with E-state index in [1.54, 1.807) is 31.4 Å². The van der Waals surface area contributed by atoms with Crippen LogP contribution < -0.4 is 4.74 Å². The molecule has 0 N–H and O–H groups in total. The zero-order valence-electron chi connectivity index (χ0n) is 12.7. The number of rotatable bonds is 9. The van der Waals surface area contributed by atoms with Crippen LogP contribution in [0.5, 0.6) is 5.75 Å². The van der Waals surface area contributed by atoms with Gasteiger partial charge in [0.15, 0.2) is 12.6 Å². The number of carbonyl (C=O) groups excluding carboxylic acids is 1. The topological polar surface area (TPSA) is 44.8 Å². The molecule has 0 aromatic heterocycles. The van der Waals surface area contributed by atoms with E-state index in [9.17, 15) is 4.79 Å². The maximum atomic E-state index is 12.2. The Hall–Kier alpha value is -2.17. The summed E-state index contributed by atoms with van der Waals surface area (Å²) in [7, 11) is 1.62. The van der Waals surface area contributed by atoms with E-state index in [-0.39, 0.29) is 12.6 Å². The molecular formula is C18H20O4. The fourth-order valence-corrected chi connectivity index (χ4v) is 1.93. The van der Waals surface area contributed by atoms with E-state index in [4.69, 9.17) is 14.2 Å². The maximum absolute atomic E-state index is 12.2. The van der Waals surface area contributed by atoms with Crippen LogP contribution in [0.2, 0.25) is 0 Å². The second-order valence-corrected chi connectivity index (χ2v) is 4.77. The van der Waals surface area contributed by atoms with Crippen molar-refractivity contribution in [1.82, 2.24) is 0 Å². The molecule has 0 spiro atoms. The van der Waals surface area contributed by atoms with Crippen LogP contribution in [0.15, 0.2) is 54.6 Å². The molecule has 0 aliphatic carbocycles. The molecule has 4 heteroatoms. The van der Waals surface area contributed by atoms with Crippen LogP contribution in [0.4, 0.5) is 0 Å². The largest absolute Gasteiger partial charge is 0.468 e. The minimum Gasteiger partial charge on any atom is -0.468 e. The van der Waals surface area contributed by atoms with Gasteiger partial charge in [-0.2, -0.15) is 0 Å². The minimum absolute atomic E-state index is 0.0918. The van der Waals surface area contributed by atoms with E-state index >= 15 is 0 Å². The van der Waals surface area contributed by atoms with Crippen LogP contribution in [-0.4, -0.2) is 32.9 Å². The van der Waals surface area contributed by atoms with Crippen molar-refractivity contribution in [2.45, 2.75) is 6.42 Å². The van der Waals surface area contributed by atoms with Gasteiger partial charge in [-0.25, -0.2) is 0 Å². The lowest BCUT2D eigenvalue weighted by molar-refractivity contribution is -0.00847. The van der Waals surface area contributed by atoms with Gasteiger partial charge in [-0.05, 0) is 29.8 Å². The van der Waals surface area contributed by atoms with Gasteiger partial charge in [-0.3, -0.25) is 4.79 Å². The molecule has 0 radical (unpaired) electrons. The van der Waals surface area contributed by atoms with Crippen molar-refractivity contribution in [2.75, 3.05) is 27.1 Å². The Morgan fingerprint density at radius 2 is 1.68 bits per heavy atom. The molecule has 2 rings (SSSR count). The summed E-state index contributed by atoms with van der Waals surface area (Å²) in [6.45, 7) is 1.20. The second kappa shape index (κ2) is 8.97. The quantitative estimate of drug-likeness (QED) is 0.405. The average molecular weight is 300 g/mol. The maximum Gasteiger partial charge on any atom is 0.189 e. The highest BCUT2D eigenvalue weighted by Crippen LogP contribution is 2.14. The Morgan fingerprint density at radius 3 is 2.36 bits per heavy atom. The lowest BCUT2D eigenvalue weighted by Crippen LogP contribution is -2.08.